The van der Waals surface area contributed by atoms with Gasteiger partial charge in [0.2, 0.25) is 0 Å². The number of rotatable bonds is 0. The van der Waals surface area contributed by atoms with Crippen LogP contribution in [0.15, 0.2) is 24.3 Å². The van der Waals surface area contributed by atoms with Gasteiger partial charge < -0.3 is 5.32 Å². The van der Waals surface area contributed by atoms with Crippen LogP contribution in [0.2, 0.25) is 0 Å². The molecule has 0 bridgehead atoms. The normalized spacial score (nSPS) is 13.2. The third kappa shape index (κ3) is 1.33. The molecule has 10 heavy (non-hydrogen) atoms. The maximum absolute atomic E-state index is 3.30. The third-order valence-corrected chi connectivity index (χ3v) is 1.73. The molecule has 1 aromatic carbocycles. The van der Waals surface area contributed by atoms with Gasteiger partial charge in [-0.1, -0.05) is 18.2 Å². The van der Waals surface area contributed by atoms with E-state index in [2.05, 4.69) is 29.6 Å². The molecule has 1 aliphatic heterocycles. The summed E-state index contributed by atoms with van der Waals surface area (Å²) in [5, 5.41) is 3.30. The number of hydrogen-bond donors (Lipinski definition) is 1. The van der Waals surface area contributed by atoms with Crippen molar-refractivity contribution >= 4 is 33.0 Å². The first-order chi connectivity index (χ1) is 4.47. The van der Waals surface area contributed by atoms with Crippen LogP contribution < -0.4 is 5.32 Å². The molecule has 49 valence electrons. The van der Waals surface area contributed by atoms with Gasteiger partial charge in [0, 0.05) is 39.5 Å². The quantitative estimate of drug-likeness (QED) is 0.709. The predicted molar refractivity (Wildman–Crippen MR) is 44.4 cm³/mol. The van der Waals surface area contributed by atoms with Gasteiger partial charge in [-0.15, -0.1) is 0 Å². The van der Waals surface area contributed by atoms with Gasteiger partial charge in [-0.2, -0.15) is 0 Å². The van der Waals surface area contributed by atoms with E-state index in [0.29, 0.717) is 0 Å². The van der Waals surface area contributed by atoms with E-state index in [1.54, 1.807) is 0 Å². The minimum absolute atomic E-state index is 0. The molecular formula is C8H9NTl. The van der Waals surface area contributed by atoms with Gasteiger partial charge in [0.05, 0.1) is 0 Å². The SMILES string of the molecule is [Tl].c1ccc2c(c1)CCN2. The first kappa shape index (κ1) is 8.04. The Hall–Kier alpha value is -0.0579. The summed E-state index contributed by atoms with van der Waals surface area (Å²) in [5.74, 6) is 0. The zero-order chi connectivity index (χ0) is 6.10. The van der Waals surface area contributed by atoms with Crippen LogP contribution in [-0.4, -0.2) is 33.8 Å². The molecule has 1 N–H and O–H groups in total. The van der Waals surface area contributed by atoms with Crippen molar-refractivity contribution in [3.8, 4) is 0 Å². The van der Waals surface area contributed by atoms with Crippen molar-refractivity contribution in [1.29, 1.82) is 0 Å². The molecule has 0 atom stereocenters. The van der Waals surface area contributed by atoms with E-state index in [-0.39, 0.29) is 27.3 Å². The van der Waals surface area contributed by atoms with E-state index in [4.69, 9.17) is 0 Å². The second-order valence-electron chi connectivity index (χ2n) is 2.33. The topological polar surface area (TPSA) is 12.0 Å². The number of benzene rings is 1. The Kier molecular flexibility index (Phi) is 2.71. The standard InChI is InChI=1S/C8H9N.Tl/c1-2-4-8-7(3-1)5-6-9-8;/h1-4,9H,5-6H2;. The Morgan fingerprint density at radius 2 is 2.00 bits per heavy atom. The fourth-order valence-electron chi connectivity index (χ4n) is 1.24. The van der Waals surface area contributed by atoms with Crippen LogP contribution in [0, 0.1) is 0 Å². The fraction of sp³-hybridized carbons (Fsp3) is 0.250. The van der Waals surface area contributed by atoms with E-state index in [1.807, 2.05) is 0 Å². The number of anilines is 1. The van der Waals surface area contributed by atoms with E-state index in [0.717, 1.165) is 6.54 Å². The average molecular weight is 324 g/mol. The van der Waals surface area contributed by atoms with Crippen LogP contribution in [0.4, 0.5) is 5.69 Å². The molecule has 2 heteroatoms. The van der Waals surface area contributed by atoms with Crippen molar-refractivity contribution in [1.82, 2.24) is 0 Å². The summed E-state index contributed by atoms with van der Waals surface area (Å²) < 4.78 is 0. The summed E-state index contributed by atoms with van der Waals surface area (Å²) in [6.45, 7) is 1.11. The molecule has 1 heterocycles. The molecule has 0 unspecified atom stereocenters. The minimum Gasteiger partial charge on any atom is -0.384 e. The monoisotopic (exact) mass is 324 g/mol. The number of fused-ring (bicyclic) bond motifs is 1. The summed E-state index contributed by atoms with van der Waals surface area (Å²) in [5.41, 5.74) is 2.77. The molecule has 0 amide bonds. The summed E-state index contributed by atoms with van der Waals surface area (Å²) in [6.07, 6.45) is 1.19. The zero-order valence-electron chi connectivity index (χ0n) is 5.80. The fourth-order valence-corrected chi connectivity index (χ4v) is 1.24. The van der Waals surface area contributed by atoms with Crippen molar-refractivity contribution in [3.05, 3.63) is 29.8 Å². The molecule has 1 radical (unpaired) electrons. The van der Waals surface area contributed by atoms with Crippen LogP contribution in [0.3, 0.4) is 0 Å². The first-order valence-electron chi connectivity index (χ1n) is 3.28. The summed E-state index contributed by atoms with van der Waals surface area (Å²) in [4.78, 5) is 0. The third-order valence-electron chi connectivity index (χ3n) is 1.73. The molecule has 0 saturated heterocycles. The Bertz CT molecular complexity index is 199. The number of hydrogen-bond acceptors (Lipinski definition) is 1. The van der Waals surface area contributed by atoms with Gasteiger partial charge in [0.25, 0.3) is 0 Å². The molecular weight excluding hydrogens is 314 g/mol. The first-order valence-corrected chi connectivity index (χ1v) is 3.28. The summed E-state index contributed by atoms with van der Waals surface area (Å²) >= 11 is 0. The van der Waals surface area contributed by atoms with Gasteiger partial charge in [-0.25, -0.2) is 0 Å². The number of para-hydroxylation sites is 1. The van der Waals surface area contributed by atoms with Crippen LogP contribution in [0.25, 0.3) is 0 Å². The van der Waals surface area contributed by atoms with E-state index < -0.39 is 0 Å². The summed E-state index contributed by atoms with van der Waals surface area (Å²) in [7, 11) is 0. The Labute approximate surface area is 81.0 Å². The molecule has 0 aromatic heterocycles. The van der Waals surface area contributed by atoms with Gasteiger partial charge >= 0.3 is 0 Å². The Balaban J connectivity index is 0.000000500. The van der Waals surface area contributed by atoms with Gasteiger partial charge in [-0.05, 0) is 18.1 Å². The molecule has 1 aliphatic rings. The van der Waals surface area contributed by atoms with Crippen molar-refractivity contribution in [2.24, 2.45) is 0 Å². The zero-order valence-corrected chi connectivity index (χ0v) is 10.3. The predicted octanol–water partition coefficient (Wildman–Crippen LogP) is 1.27. The molecule has 0 fully saturated rings. The molecule has 2 rings (SSSR count). The van der Waals surface area contributed by atoms with Gasteiger partial charge in [0.1, 0.15) is 0 Å². The molecule has 1 nitrogen and oxygen atoms in total. The second-order valence-corrected chi connectivity index (χ2v) is 2.33. The minimum atomic E-state index is 0. The largest absolute Gasteiger partial charge is 0.384 e. The van der Waals surface area contributed by atoms with Crippen LogP contribution in [0.1, 0.15) is 5.56 Å². The average Bonchev–Trinajstić information content (AvgIpc) is 2.33. The summed E-state index contributed by atoms with van der Waals surface area (Å²) in [6, 6.07) is 8.46. The van der Waals surface area contributed by atoms with E-state index in [1.165, 1.54) is 17.7 Å². The smallest absolute Gasteiger partial charge is 0.0373 e. The van der Waals surface area contributed by atoms with Crippen molar-refractivity contribution in [3.63, 3.8) is 0 Å². The van der Waals surface area contributed by atoms with E-state index >= 15 is 0 Å². The van der Waals surface area contributed by atoms with Gasteiger partial charge in [0.15, 0.2) is 0 Å². The molecule has 0 aliphatic carbocycles. The molecule has 0 spiro atoms. The maximum Gasteiger partial charge on any atom is 0.0373 e. The van der Waals surface area contributed by atoms with Crippen LogP contribution >= 0.6 is 0 Å². The van der Waals surface area contributed by atoms with Crippen molar-refractivity contribution < 1.29 is 0 Å². The van der Waals surface area contributed by atoms with Crippen LogP contribution in [0.5, 0.6) is 0 Å². The molecule has 1 aromatic rings. The van der Waals surface area contributed by atoms with E-state index in [9.17, 15) is 0 Å². The number of nitrogens with one attached hydrogen (secondary N) is 1. The Morgan fingerprint density at radius 1 is 1.20 bits per heavy atom. The molecule has 0 saturated carbocycles. The maximum atomic E-state index is 3.30. The van der Waals surface area contributed by atoms with Crippen molar-refractivity contribution in [2.45, 2.75) is 6.42 Å². The Morgan fingerprint density at radius 3 is 2.80 bits per heavy atom. The van der Waals surface area contributed by atoms with Crippen LogP contribution in [-0.2, 0) is 6.42 Å². The van der Waals surface area contributed by atoms with Crippen molar-refractivity contribution in [2.75, 3.05) is 11.9 Å². The second kappa shape index (κ2) is 3.37. The van der Waals surface area contributed by atoms with Gasteiger partial charge in [-0.3, -0.25) is 0 Å².